The minimum atomic E-state index is -0.241. The van der Waals surface area contributed by atoms with Crippen molar-refractivity contribution in [3.63, 3.8) is 0 Å². The molecule has 2 saturated heterocycles. The Labute approximate surface area is 229 Å². The highest BCUT2D eigenvalue weighted by atomic mass is 79.9. The SMILES string of the molecule is CCCC1=C2[C@@H](CC/C(=C/c3cc(Br)ccc3O)CC)OC[C@@H]2[C@@H]2C(=O)N(C3CCCCC3)C(=O)[C@@H]2C1. The van der Waals surface area contributed by atoms with E-state index >= 15 is 0 Å². The van der Waals surface area contributed by atoms with Crippen molar-refractivity contribution in [2.45, 2.75) is 96.6 Å². The third kappa shape index (κ3) is 5.21. The fraction of sp³-hybridized carbons (Fsp3) is 0.613. The maximum absolute atomic E-state index is 13.7. The molecular weight excluding hydrogens is 530 g/mol. The number of carbonyl (C=O) groups is 2. The van der Waals surface area contributed by atoms with Crippen LogP contribution in [0.25, 0.3) is 6.08 Å². The lowest BCUT2D eigenvalue weighted by atomic mass is 9.68. The average molecular weight is 571 g/mol. The number of nitrogens with zero attached hydrogens (tertiary/aromatic N) is 1. The second-order valence-electron chi connectivity index (χ2n) is 11.3. The number of ether oxygens (including phenoxy) is 1. The number of benzene rings is 1. The van der Waals surface area contributed by atoms with Gasteiger partial charge in [0.05, 0.1) is 24.5 Å². The monoisotopic (exact) mass is 569 g/mol. The molecule has 1 aromatic rings. The van der Waals surface area contributed by atoms with E-state index < -0.39 is 0 Å². The first-order valence-corrected chi connectivity index (χ1v) is 15.1. The molecule has 37 heavy (non-hydrogen) atoms. The van der Waals surface area contributed by atoms with Gasteiger partial charge in [-0.3, -0.25) is 14.5 Å². The number of aromatic hydroxyl groups is 1. The fourth-order valence-electron chi connectivity index (χ4n) is 7.26. The molecule has 2 aliphatic heterocycles. The van der Waals surface area contributed by atoms with Gasteiger partial charge in [0.15, 0.2) is 0 Å². The summed E-state index contributed by atoms with van der Waals surface area (Å²) in [5, 5.41) is 10.3. The Kier molecular flexibility index (Phi) is 8.25. The van der Waals surface area contributed by atoms with E-state index in [4.69, 9.17) is 4.74 Å². The first kappa shape index (κ1) is 26.7. The number of phenolic OH excluding ortho intramolecular Hbond substituents is 1. The fourth-order valence-corrected chi connectivity index (χ4v) is 7.64. The summed E-state index contributed by atoms with van der Waals surface area (Å²) in [5.74, 6) is 0.0436. The van der Waals surface area contributed by atoms with Gasteiger partial charge in [0.1, 0.15) is 5.75 Å². The van der Waals surface area contributed by atoms with Gasteiger partial charge in [-0.15, -0.1) is 0 Å². The van der Waals surface area contributed by atoms with Crippen LogP contribution in [0.1, 0.15) is 90.0 Å². The van der Waals surface area contributed by atoms with Gasteiger partial charge < -0.3 is 9.84 Å². The van der Waals surface area contributed by atoms with Gasteiger partial charge in [0.25, 0.3) is 0 Å². The molecule has 5 rings (SSSR count). The predicted molar refractivity (Wildman–Crippen MR) is 149 cm³/mol. The molecule has 3 fully saturated rings. The summed E-state index contributed by atoms with van der Waals surface area (Å²) in [5.41, 5.74) is 4.79. The molecule has 2 amide bonds. The molecule has 5 nitrogen and oxygen atoms in total. The molecule has 0 radical (unpaired) electrons. The van der Waals surface area contributed by atoms with Crippen molar-refractivity contribution >= 4 is 33.8 Å². The van der Waals surface area contributed by atoms with Gasteiger partial charge >= 0.3 is 0 Å². The number of halogens is 1. The molecule has 4 aliphatic rings. The number of carbonyl (C=O) groups excluding carboxylic acids is 2. The van der Waals surface area contributed by atoms with Crippen LogP contribution in [-0.4, -0.2) is 40.6 Å². The molecule has 2 heterocycles. The van der Waals surface area contributed by atoms with Crippen LogP contribution in [0.5, 0.6) is 5.75 Å². The van der Waals surface area contributed by atoms with Gasteiger partial charge in [-0.1, -0.05) is 72.7 Å². The van der Waals surface area contributed by atoms with Gasteiger partial charge in [-0.05, 0) is 68.7 Å². The standard InChI is InChI=1S/C31H40BrNO4/c1-3-8-20-17-24-29(31(36)33(30(24)35)23-9-6-5-7-10-23)25-18-37-27(28(20)25)14-11-19(4-2)15-21-16-22(32)12-13-26(21)34/h12-13,15-16,23-25,27,29,34H,3-11,14,17-18H2,1-2H3/b19-15+/t24-,25+,27-,29-/m1/s1. The van der Waals surface area contributed by atoms with Crippen molar-refractivity contribution in [3.05, 3.63) is 45.0 Å². The molecular formula is C31H40BrNO4. The van der Waals surface area contributed by atoms with Gasteiger partial charge in [-0.25, -0.2) is 0 Å². The zero-order valence-corrected chi connectivity index (χ0v) is 23.8. The normalized spacial score (nSPS) is 28.7. The van der Waals surface area contributed by atoms with E-state index in [9.17, 15) is 14.7 Å². The van der Waals surface area contributed by atoms with Crippen LogP contribution in [0.3, 0.4) is 0 Å². The second kappa shape index (κ2) is 11.4. The van der Waals surface area contributed by atoms with Crippen LogP contribution >= 0.6 is 15.9 Å². The zero-order valence-electron chi connectivity index (χ0n) is 22.2. The lowest BCUT2D eigenvalue weighted by molar-refractivity contribution is -0.143. The topological polar surface area (TPSA) is 66.8 Å². The Morgan fingerprint density at radius 3 is 2.65 bits per heavy atom. The number of imide groups is 1. The van der Waals surface area contributed by atoms with E-state index in [0.717, 1.165) is 74.2 Å². The molecule has 6 heteroatoms. The smallest absolute Gasteiger partial charge is 0.234 e. The number of phenols is 1. The van der Waals surface area contributed by atoms with Crippen LogP contribution in [0, 0.1) is 17.8 Å². The number of hydrogen-bond donors (Lipinski definition) is 1. The van der Waals surface area contributed by atoms with Gasteiger partial charge in [0.2, 0.25) is 11.8 Å². The maximum Gasteiger partial charge on any atom is 0.234 e. The van der Waals surface area contributed by atoms with Crippen molar-refractivity contribution in [2.24, 2.45) is 17.8 Å². The summed E-state index contributed by atoms with van der Waals surface area (Å²) < 4.78 is 7.36. The number of allylic oxidation sites excluding steroid dienone is 2. The van der Waals surface area contributed by atoms with Crippen LogP contribution in [0.4, 0.5) is 0 Å². The van der Waals surface area contributed by atoms with E-state index in [-0.39, 0.29) is 47.5 Å². The second-order valence-corrected chi connectivity index (χ2v) is 12.2. The molecule has 0 spiro atoms. The van der Waals surface area contributed by atoms with Crippen LogP contribution in [0.15, 0.2) is 39.4 Å². The Balaban J connectivity index is 1.36. The highest BCUT2D eigenvalue weighted by Crippen LogP contribution is 2.51. The molecule has 1 saturated carbocycles. The summed E-state index contributed by atoms with van der Waals surface area (Å²) >= 11 is 3.50. The number of hydrogen-bond acceptors (Lipinski definition) is 4. The highest BCUT2D eigenvalue weighted by molar-refractivity contribution is 9.10. The highest BCUT2D eigenvalue weighted by Gasteiger charge is 2.57. The van der Waals surface area contributed by atoms with Gasteiger partial charge in [-0.2, -0.15) is 0 Å². The van der Waals surface area contributed by atoms with E-state index in [0.29, 0.717) is 6.61 Å². The number of fused-ring (bicyclic) bond motifs is 3. The van der Waals surface area contributed by atoms with Crippen molar-refractivity contribution in [3.8, 4) is 5.75 Å². The molecule has 1 N–H and O–H groups in total. The Hall–Kier alpha value is -1.92. The molecule has 0 bridgehead atoms. The summed E-state index contributed by atoms with van der Waals surface area (Å²) in [7, 11) is 0. The van der Waals surface area contributed by atoms with Crippen molar-refractivity contribution in [1.82, 2.24) is 4.90 Å². The largest absolute Gasteiger partial charge is 0.507 e. The quantitative estimate of drug-likeness (QED) is 0.266. The Bertz CT molecular complexity index is 1100. The molecule has 2 aliphatic carbocycles. The maximum atomic E-state index is 13.7. The van der Waals surface area contributed by atoms with Crippen molar-refractivity contribution < 1.29 is 19.4 Å². The lowest BCUT2D eigenvalue weighted by Crippen LogP contribution is -2.42. The Morgan fingerprint density at radius 2 is 1.92 bits per heavy atom. The molecule has 0 unspecified atom stereocenters. The number of rotatable bonds is 8. The van der Waals surface area contributed by atoms with E-state index in [1.54, 1.807) is 11.0 Å². The first-order chi connectivity index (χ1) is 17.9. The van der Waals surface area contributed by atoms with E-state index in [1.807, 2.05) is 12.1 Å². The first-order valence-electron chi connectivity index (χ1n) is 14.3. The summed E-state index contributed by atoms with van der Waals surface area (Å²) in [4.78, 5) is 29.0. The molecule has 4 atom stereocenters. The van der Waals surface area contributed by atoms with Crippen LogP contribution in [0.2, 0.25) is 0 Å². The molecule has 200 valence electrons. The minimum Gasteiger partial charge on any atom is -0.507 e. The zero-order chi connectivity index (χ0) is 26.1. The summed E-state index contributed by atoms with van der Waals surface area (Å²) in [6.07, 6.45) is 12.8. The third-order valence-corrected chi connectivity index (χ3v) is 9.56. The third-order valence-electron chi connectivity index (χ3n) is 9.06. The van der Waals surface area contributed by atoms with Crippen LogP contribution < -0.4 is 0 Å². The Morgan fingerprint density at radius 1 is 1.14 bits per heavy atom. The lowest BCUT2D eigenvalue weighted by Gasteiger charge is -2.32. The van der Waals surface area contributed by atoms with E-state index in [2.05, 4.69) is 35.9 Å². The molecule has 0 aromatic heterocycles. The summed E-state index contributed by atoms with van der Waals surface area (Å²) in [6, 6.07) is 5.59. The van der Waals surface area contributed by atoms with Gasteiger partial charge in [0, 0.05) is 22.0 Å². The number of amides is 2. The van der Waals surface area contributed by atoms with Crippen molar-refractivity contribution in [1.29, 1.82) is 0 Å². The summed E-state index contributed by atoms with van der Waals surface area (Å²) in [6.45, 7) is 4.89. The van der Waals surface area contributed by atoms with E-state index in [1.165, 1.54) is 23.1 Å². The predicted octanol–water partition coefficient (Wildman–Crippen LogP) is 7.18. The minimum absolute atomic E-state index is 0.00480. The average Bonchev–Trinajstić information content (AvgIpc) is 3.43. The van der Waals surface area contributed by atoms with Crippen LogP contribution in [-0.2, 0) is 14.3 Å². The molecule has 1 aromatic carbocycles. The van der Waals surface area contributed by atoms with Crippen molar-refractivity contribution in [2.75, 3.05) is 6.61 Å². The number of likely N-dealkylation sites (tertiary alicyclic amines) is 1.